The van der Waals surface area contributed by atoms with Crippen molar-refractivity contribution in [2.24, 2.45) is 0 Å². The second-order valence-electron chi connectivity index (χ2n) is 5.15. The van der Waals surface area contributed by atoms with Crippen molar-refractivity contribution in [2.45, 2.75) is 18.2 Å². The maximum Gasteiger partial charge on any atom is 0.573 e. The van der Waals surface area contributed by atoms with Crippen LogP contribution < -0.4 is 4.74 Å². The van der Waals surface area contributed by atoms with Crippen LogP contribution >= 0.6 is 0 Å². The number of hydrogen-bond acceptors (Lipinski definition) is 3. The highest BCUT2D eigenvalue weighted by Crippen LogP contribution is 2.31. The van der Waals surface area contributed by atoms with E-state index >= 15 is 0 Å². The third-order valence-electron chi connectivity index (χ3n) is 3.49. The third-order valence-corrected chi connectivity index (χ3v) is 5.19. The van der Waals surface area contributed by atoms with Crippen LogP contribution in [0.15, 0.2) is 59.6 Å². The van der Waals surface area contributed by atoms with Crippen molar-refractivity contribution < 1.29 is 26.3 Å². The van der Waals surface area contributed by atoms with Crippen LogP contribution in [0.5, 0.6) is 5.75 Å². The molecule has 126 valence electrons. The molecule has 2 aromatic carbocycles. The van der Waals surface area contributed by atoms with Gasteiger partial charge in [0.15, 0.2) is 0 Å². The molecule has 0 aliphatic carbocycles. The number of aryl methyl sites for hydroxylation is 1. The summed E-state index contributed by atoms with van der Waals surface area (Å²) in [7, 11) is -3.92. The lowest BCUT2D eigenvalue weighted by molar-refractivity contribution is -0.274. The minimum Gasteiger partial charge on any atom is -0.406 e. The fourth-order valence-corrected chi connectivity index (χ4v) is 3.84. The zero-order valence-electron chi connectivity index (χ0n) is 12.4. The molecule has 3 rings (SSSR count). The molecule has 0 N–H and O–H groups in total. The molecule has 0 bridgehead atoms. The number of alkyl halides is 3. The Morgan fingerprint density at radius 2 is 1.71 bits per heavy atom. The van der Waals surface area contributed by atoms with Gasteiger partial charge in [-0.05, 0) is 36.8 Å². The minimum atomic E-state index is -4.85. The SMILES string of the molecule is Cc1cc(OC(F)(F)F)cc2c1ccn2S(=O)(=O)c1ccccc1. The summed E-state index contributed by atoms with van der Waals surface area (Å²) < 4.78 is 67.7. The van der Waals surface area contributed by atoms with Gasteiger partial charge in [-0.1, -0.05) is 18.2 Å². The Morgan fingerprint density at radius 3 is 2.33 bits per heavy atom. The average molecular weight is 355 g/mol. The summed E-state index contributed by atoms with van der Waals surface area (Å²) in [6.07, 6.45) is -3.53. The summed E-state index contributed by atoms with van der Waals surface area (Å²) >= 11 is 0. The molecular weight excluding hydrogens is 343 g/mol. The normalized spacial score (nSPS) is 12.5. The quantitative estimate of drug-likeness (QED) is 0.711. The van der Waals surface area contributed by atoms with E-state index in [1.807, 2.05) is 0 Å². The summed E-state index contributed by atoms with van der Waals surface area (Å²) in [5.41, 5.74) is 0.604. The zero-order chi connectivity index (χ0) is 17.5. The van der Waals surface area contributed by atoms with Crippen molar-refractivity contribution in [1.82, 2.24) is 3.97 Å². The molecular formula is C16H12F3NO3S. The number of halogens is 3. The van der Waals surface area contributed by atoms with E-state index in [2.05, 4.69) is 4.74 Å². The van der Waals surface area contributed by atoms with E-state index in [0.717, 1.165) is 10.0 Å². The molecule has 1 aromatic heterocycles. The number of rotatable bonds is 3. The van der Waals surface area contributed by atoms with Crippen molar-refractivity contribution >= 4 is 20.9 Å². The number of hydrogen-bond donors (Lipinski definition) is 0. The van der Waals surface area contributed by atoms with Crippen LogP contribution in [0.2, 0.25) is 0 Å². The second kappa shape index (κ2) is 5.55. The van der Waals surface area contributed by atoms with E-state index < -0.39 is 22.1 Å². The van der Waals surface area contributed by atoms with Gasteiger partial charge in [0.2, 0.25) is 0 Å². The number of benzene rings is 2. The number of nitrogens with zero attached hydrogens (tertiary/aromatic N) is 1. The van der Waals surface area contributed by atoms with Crippen molar-refractivity contribution in [1.29, 1.82) is 0 Å². The monoisotopic (exact) mass is 355 g/mol. The summed E-state index contributed by atoms with van der Waals surface area (Å²) in [6, 6.07) is 11.5. The smallest absolute Gasteiger partial charge is 0.406 e. The van der Waals surface area contributed by atoms with Gasteiger partial charge >= 0.3 is 6.36 Å². The molecule has 24 heavy (non-hydrogen) atoms. The molecule has 0 unspecified atom stereocenters. The summed E-state index contributed by atoms with van der Waals surface area (Å²) in [6.45, 7) is 1.59. The number of fused-ring (bicyclic) bond motifs is 1. The van der Waals surface area contributed by atoms with Gasteiger partial charge in [0.1, 0.15) is 5.75 Å². The molecule has 0 amide bonds. The first kappa shape index (κ1) is 16.4. The van der Waals surface area contributed by atoms with Crippen LogP contribution in [0.25, 0.3) is 10.9 Å². The molecule has 0 saturated heterocycles. The van der Waals surface area contributed by atoms with Crippen LogP contribution in [-0.4, -0.2) is 18.8 Å². The predicted molar refractivity (Wildman–Crippen MR) is 82.4 cm³/mol. The molecule has 0 spiro atoms. The van der Waals surface area contributed by atoms with Crippen LogP contribution in [-0.2, 0) is 10.0 Å². The van der Waals surface area contributed by atoms with Crippen LogP contribution in [0.3, 0.4) is 0 Å². The van der Waals surface area contributed by atoms with E-state index in [4.69, 9.17) is 0 Å². The summed E-state index contributed by atoms with van der Waals surface area (Å²) in [5.74, 6) is -0.462. The van der Waals surface area contributed by atoms with E-state index in [1.165, 1.54) is 24.4 Å². The Hall–Kier alpha value is -2.48. The van der Waals surface area contributed by atoms with E-state index in [-0.39, 0.29) is 10.4 Å². The Labute approximate surface area is 136 Å². The van der Waals surface area contributed by atoms with Gasteiger partial charge in [0, 0.05) is 17.6 Å². The molecule has 4 nitrogen and oxygen atoms in total. The molecule has 0 aliphatic heterocycles. The van der Waals surface area contributed by atoms with Gasteiger partial charge < -0.3 is 4.74 Å². The molecule has 8 heteroatoms. The topological polar surface area (TPSA) is 48.3 Å². The lowest BCUT2D eigenvalue weighted by Gasteiger charge is -2.12. The van der Waals surface area contributed by atoms with Crippen molar-refractivity contribution in [3.63, 3.8) is 0 Å². The Bertz CT molecular complexity index is 993. The predicted octanol–water partition coefficient (Wildman–Crippen LogP) is 4.09. The van der Waals surface area contributed by atoms with Gasteiger partial charge in [-0.2, -0.15) is 0 Å². The summed E-state index contributed by atoms with van der Waals surface area (Å²) in [4.78, 5) is 0.0438. The fraction of sp³-hybridized carbons (Fsp3) is 0.125. The first-order chi connectivity index (χ1) is 11.2. The molecule has 0 fully saturated rings. The van der Waals surface area contributed by atoms with Crippen LogP contribution in [0.4, 0.5) is 13.2 Å². The van der Waals surface area contributed by atoms with E-state index in [1.54, 1.807) is 31.2 Å². The van der Waals surface area contributed by atoms with Crippen molar-refractivity contribution in [2.75, 3.05) is 0 Å². The number of aromatic nitrogens is 1. The van der Waals surface area contributed by atoms with Gasteiger partial charge in [0.25, 0.3) is 10.0 Å². The molecule has 0 atom stereocenters. The molecule has 0 radical (unpaired) electrons. The van der Waals surface area contributed by atoms with E-state index in [9.17, 15) is 21.6 Å². The minimum absolute atomic E-state index is 0.0438. The molecule has 0 aliphatic rings. The van der Waals surface area contributed by atoms with Crippen LogP contribution in [0.1, 0.15) is 5.56 Å². The fourth-order valence-electron chi connectivity index (χ4n) is 2.48. The summed E-state index contributed by atoms with van der Waals surface area (Å²) in [5, 5.41) is 0.532. The highest BCUT2D eigenvalue weighted by atomic mass is 32.2. The van der Waals surface area contributed by atoms with Crippen LogP contribution in [0, 0.1) is 6.92 Å². The zero-order valence-corrected chi connectivity index (χ0v) is 13.2. The molecule has 1 heterocycles. The van der Waals surface area contributed by atoms with Gasteiger partial charge in [-0.25, -0.2) is 12.4 Å². The Balaban J connectivity index is 2.20. The third kappa shape index (κ3) is 2.96. The van der Waals surface area contributed by atoms with Gasteiger partial charge in [0.05, 0.1) is 10.4 Å². The first-order valence-electron chi connectivity index (χ1n) is 6.86. The molecule has 0 saturated carbocycles. The standard InChI is InChI=1S/C16H12F3NO3S/c1-11-9-12(23-16(17,18)19)10-15-14(11)7-8-20(15)24(21,22)13-5-3-2-4-6-13/h2-10H,1H3. The van der Waals surface area contributed by atoms with Crippen molar-refractivity contribution in [3.8, 4) is 5.75 Å². The van der Waals surface area contributed by atoms with Gasteiger partial charge in [-0.15, -0.1) is 13.2 Å². The largest absolute Gasteiger partial charge is 0.573 e. The maximum atomic E-state index is 12.7. The highest BCUT2D eigenvalue weighted by molar-refractivity contribution is 7.90. The average Bonchev–Trinajstić information content (AvgIpc) is 2.91. The number of ether oxygens (including phenoxy) is 1. The van der Waals surface area contributed by atoms with Crippen molar-refractivity contribution in [3.05, 3.63) is 60.3 Å². The van der Waals surface area contributed by atoms with Gasteiger partial charge in [-0.3, -0.25) is 0 Å². The highest BCUT2D eigenvalue weighted by Gasteiger charge is 2.31. The lowest BCUT2D eigenvalue weighted by atomic mass is 10.1. The first-order valence-corrected chi connectivity index (χ1v) is 8.30. The molecule has 3 aromatic rings. The lowest BCUT2D eigenvalue weighted by Crippen LogP contribution is -2.17. The Kier molecular flexibility index (Phi) is 3.79. The Morgan fingerprint density at radius 1 is 1.04 bits per heavy atom. The van der Waals surface area contributed by atoms with E-state index in [0.29, 0.717) is 10.9 Å². The maximum absolute atomic E-state index is 12.7. The second-order valence-corrected chi connectivity index (χ2v) is 6.97.